The van der Waals surface area contributed by atoms with Gasteiger partial charge in [-0.05, 0) is 48.4 Å². The van der Waals surface area contributed by atoms with Gasteiger partial charge in [0.25, 0.3) is 11.5 Å². The summed E-state index contributed by atoms with van der Waals surface area (Å²) < 4.78 is 39.0. The predicted octanol–water partition coefficient (Wildman–Crippen LogP) is 4.52. The fraction of sp³-hybridized carbons (Fsp3) is 0.250. The Morgan fingerprint density at radius 1 is 1.18 bits per heavy atom. The van der Waals surface area contributed by atoms with Crippen LogP contribution in [-0.2, 0) is 13.7 Å². The monoisotopic (exact) mass is 476 g/mol. The van der Waals surface area contributed by atoms with Gasteiger partial charge in [-0.1, -0.05) is 23.7 Å². The van der Waals surface area contributed by atoms with E-state index in [1.54, 1.807) is 24.3 Å². The zero-order valence-corrected chi connectivity index (χ0v) is 18.9. The Morgan fingerprint density at radius 2 is 1.94 bits per heavy atom. The number of nitrogens with one attached hydrogen (secondary N) is 1. The Hall–Kier alpha value is -3.39. The maximum Gasteiger partial charge on any atom is 0.293 e. The number of methoxy groups -OCH3 is 1. The topological polar surface area (TPSA) is 69.6 Å². The van der Waals surface area contributed by atoms with Crippen LogP contribution in [0.25, 0.3) is 11.3 Å². The Bertz CT molecular complexity index is 1210. The third kappa shape index (κ3) is 5.70. The number of nitrogens with zero attached hydrogens (tertiary/aromatic N) is 1. The number of hydrogen-bond acceptors (Lipinski definition) is 4. The first-order valence-electron chi connectivity index (χ1n) is 10.1. The van der Waals surface area contributed by atoms with Crippen LogP contribution in [0.2, 0.25) is 5.02 Å². The zero-order chi connectivity index (χ0) is 24.0. The minimum Gasteiger partial charge on any atom is -0.492 e. The van der Waals surface area contributed by atoms with E-state index in [1.807, 2.05) is 0 Å². The molecule has 0 atom stereocenters. The fourth-order valence-electron chi connectivity index (χ4n) is 3.31. The molecular weight excluding hydrogens is 454 g/mol. The van der Waals surface area contributed by atoms with Crippen LogP contribution in [0.3, 0.4) is 0 Å². The molecule has 6 nitrogen and oxygen atoms in total. The highest BCUT2D eigenvalue weighted by Crippen LogP contribution is 2.26. The maximum atomic E-state index is 13.9. The number of carbonyl (C=O) groups excluding carboxylic acids is 1. The lowest BCUT2D eigenvalue weighted by Crippen LogP contribution is -2.30. The highest BCUT2D eigenvalue weighted by molar-refractivity contribution is 6.32. The SMILES string of the molecule is COc1c(C(=O)NCCCOc2ccccc2Cl)cc(-c2cc(F)cc(CF)c2)n(C)c1=O. The summed E-state index contributed by atoms with van der Waals surface area (Å²) in [5.41, 5.74) is 0.0639. The van der Waals surface area contributed by atoms with Gasteiger partial charge in [0, 0.05) is 19.2 Å². The molecule has 0 aliphatic carbocycles. The van der Waals surface area contributed by atoms with E-state index in [9.17, 15) is 18.4 Å². The average molecular weight is 477 g/mol. The summed E-state index contributed by atoms with van der Waals surface area (Å²) in [5, 5.41) is 3.21. The van der Waals surface area contributed by atoms with Crippen LogP contribution < -0.4 is 20.3 Å². The number of amides is 1. The molecule has 0 radical (unpaired) electrons. The molecular formula is C24H23ClF2N2O4. The maximum absolute atomic E-state index is 13.9. The van der Waals surface area contributed by atoms with Gasteiger partial charge in [-0.15, -0.1) is 0 Å². The van der Waals surface area contributed by atoms with Crippen molar-refractivity contribution in [3.63, 3.8) is 0 Å². The van der Waals surface area contributed by atoms with Crippen LogP contribution in [0.5, 0.6) is 11.5 Å². The number of carbonyl (C=O) groups is 1. The molecule has 0 saturated heterocycles. The molecule has 3 rings (SSSR count). The van der Waals surface area contributed by atoms with Crippen molar-refractivity contribution in [1.29, 1.82) is 0 Å². The minimum atomic E-state index is -0.863. The van der Waals surface area contributed by atoms with E-state index in [2.05, 4.69) is 5.32 Å². The number of aromatic nitrogens is 1. The zero-order valence-electron chi connectivity index (χ0n) is 18.2. The van der Waals surface area contributed by atoms with Gasteiger partial charge in [0.1, 0.15) is 18.2 Å². The average Bonchev–Trinajstić information content (AvgIpc) is 2.80. The Kier molecular flexibility index (Phi) is 8.06. The van der Waals surface area contributed by atoms with E-state index in [4.69, 9.17) is 21.1 Å². The molecule has 0 saturated carbocycles. The second-order valence-corrected chi connectivity index (χ2v) is 7.62. The van der Waals surface area contributed by atoms with Gasteiger partial charge < -0.3 is 19.4 Å². The number of alkyl halides is 1. The van der Waals surface area contributed by atoms with Gasteiger partial charge >= 0.3 is 0 Å². The Labute approximate surface area is 194 Å². The Balaban J connectivity index is 1.77. The van der Waals surface area contributed by atoms with Crippen molar-refractivity contribution in [3.05, 3.63) is 80.9 Å². The summed E-state index contributed by atoms with van der Waals surface area (Å²) in [7, 11) is 2.75. The molecule has 0 fully saturated rings. The second-order valence-electron chi connectivity index (χ2n) is 7.21. The summed E-state index contributed by atoms with van der Waals surface area (Å²) in [6.45, 7) is -0.278. The number of halogens is 3. The first-order valence-corrected chi connectivity index (χ1v) is 10.5. The van der Waals surface area contributed by atoms with Gasteiger partial charge in [0.2, 0.25) is 0 Å². The molecule has 1 heterocycles. The first-order chi connectivity index (χ1) is 15.8. The highest BCUT2D eigenvalue weighted by Gasteiger charge is 2.20. The van der Waals surface area contributed by atoms with Gasteiger partial charge in [0.05, 0.1) is 30.0 Å². The molecule has 9 heteroatoms. The molecule has 1 N–H and O–H groups in total. The standard InChI is InChI=1S/C24H23ClF2N2O4/c1-29-20(16-10-15(14-26)11-17(27)12-16)13-18(22(32-2)24(29)31)23(30)28-8-5-9-33-21-7-4-3-6-19(21)25/h3-4,6-7,10-13H,5,8-9,14H2,1-2H3,(H,28,30). The van der Waals surface area contributed by atoms with Crippen molar-refractivity contribution in [1.82, 2.24) is 9.88 Å². The lowest BCUT2D eigenvalue weighted by molar-refractivity contribution is 0.0948. The lowest BCUT2D eigenvalue weighted by atomic mass is 10.0. The van der Waals surface area contributed by atoms with Crippen LogP contribution in [0.4, 0.5) is 8.78 Å². The summed E-state index contributed by atoms with van der Waals surface area (Å²) >= 11 is 6.04. The summed E-state index contributed by atoms with van der Waals surface area (Å²) in [4.78, 5) is 25.6. The molecule has 1 amide bonds. The van der Waals surface area contributed by atoms with Crippen LogP contribution in [0.15, 0.2) is 53.3 Å². The van der Waals surface area contributed by atoms with E-state index in [0.29, 0.717) is 23.8 Å². The van der Waals surface area contributed by atoms with E-state index in [0.717, 1.165) is 6.07 Å². The fourth-order valence-corrected chi connectivity index (χ4v) is 3.50. The Morgan fingerprint density at radius 3 is 2.64 bits per heavy atom. The van der Waals surface area contributed by atoms with E-state index >= 15 is 0 Å². The normalized spacial score (nSPS) is 10.7. The van der Waals surface area contributed by atoms with Gasteiger partial charge in [-0.3, -0.25) is 9.59 Å². The van der Waals surface area contributed by atoms with Crippen LogP contribution in [0, 0.1) is 5.82 Å². The largest absolute Gasteiger partial charge is 0.492 e. The molecule has 0 bridgehead atoms. The van der Waals surface area contributed by atoms with E-state index in [1.165, 1.54) is 36.9 Å². The van der Waals surface area contributed by atoms with Crippen molar-refractivity contribution in [2.24, 2.45) is 7.05 Å². The second kappa shape index (κ2) is 11.0. The van der Waals surface area contributed by atoms with Crippen LogP contribution in [-0.4, -0.2) is 30.7 Å². The van der Waals surface area contributed by atoms with Gasteiger partial charge in [0.15, 0.2) is 5.75 Å². The van der Waals surface area contributed by atoms with E-state index in [-0.39, 0.29) is 34.7 Å². The third-order valence-corrected chi connectivity index (χ3v) is 5.26. The summed E-state index contributed by atoms with van der Waals surface area (Å²) in [5.74, 6) is -0.780. The third-order valence-electron chi connectivity index (χ3n) is 4.94. The molecule has 0 aliphatic rings. The van der Waals surface area contributed by atoms with Crippen molar-refractivity contribution >= 4 is 17.5 Å². The molecule has 0 aliphatic heterocycles. The van der Waals surface area contributed by atoms with Gasteiger partial charge in [-0.25, -0.2) is 8.78 Å². The number of hydrogen-bond donors (Lipinski definition) is 1. The first kappa shape index (κ1) is 24.3. The van der Waals surface area contributed by atoms with Crippen molar-refractivity contribution in [2.45, 2.75) is 13.1 Å². The molecule has 33 heavy (non-hydrogen) atoms. The molecule has 0 unspecified atom stereocenters. The van der Waals surface area contributed by atoms with Crippen LogP contribution in [0.1, 0.15) is 22.3 Å². The van der Waals surface area contributed by atoms with Crippen LogP contribution >= 0.6 is 11.6 Å². The lowest BCUT2D eigenvalue weighted by Gasteiger charge is -2.15. The number of pyridine rings is 1. The minimum absolute atomic E-state index is 0.00585. The number of para-hydroxylation sites is 1. The van der Waals surface area contributed by atoms with Crippen molar-refractivity contribution in [2.75, 3.05) is 20.3 Å². The highest BCUT2D eigenvalue weighted by atomic mass is 35.5. The predicted molar refractivity (Wildman–Crippen MR) is 122 cm³/mol. The number of ether oxygens (including phenoxy) is 2. The van der Waals surface area contributed by atoms with Crippen molar-refractivity contribution in [3.8, 4) is 22.8 Å². The number of rotatable bonds is 9. The van der Waals surface area contributed by atoms with Crippen molar-refractivity contribution < 1.29 is 23.0 Å². The van der Waals surface area contributed by atoms with E-state index < -0.39 is 24.0 Å². The molecule has 0 spiro atoms. The summed E-state index contributed by atoms with van der Waals surface area (Å²) in [6, 6.07) is 12.2. The quantitative estimate of drug-likeness (QED) is 0.461. The smallest absolute Gasteiger partial charge is 0.293 e. The molecule has 1 aromatic heterocycles. The molecule has 2 aromatic carbocycles. The summed E-state index contributed by atoms with van der Waals surface area (Å²) in [6.07, 6.45) is 0.487. The molecule has 174 valence electrons. The van der Waals surface area contributed by atoms with Gasteiger partial charge in [-0.2, -0.15) is 0 Å². The molecule has 3 aromatic rings. The number of benzene rings is 2.